The van der Waals surface area contributed by atoms with Crippen LogP contribution < -0.4 is 14.8 Å². The van der Waals surface area contributed by atoms with Crippen LogP contribution in [0.1, 0.15) is 42.1 Å². The van der Waals surface area contributed by atoms with Crippen molar-refractivity contribution >= 4 is 11.9 Å². The van der Waals surface area contributed by atoms with Crippen molar-refractivity contribution in [2.75, 3.05) is 26.9 Å². The molecule has 0 heterocycles. The van der Waals surface area contributed by atoms with Crippen LogP contribution in [0, 0.1) is 0 Å². The molecule has 0 aliphatic carbocycles. The highest BCUT2D eigenvalue weighted by molar-refractivity contribution is 5.92. The quantitative estimate of drug-likeness (QED) is 0.434. The minimum atomic E-state index is -0.581. The van der Waals surface area contributed by atoms with Gasteiger partial charge in [-0.05, 0) is 43.0 Å². The second-order valence-corrected chi connectivity index (χ2v) is 6.58. The lowest BCUT2D eigenvalue weighted by Gasteiger charge is -2.12. The summed E-state index contributed by atoms with van der Waals surface area (Å²) < 4.78 is 16.0. The summed E-state index contributed by atoms with van der Waals surface area (Å²) in [6.07, 6.45) is 3.67. The molecule has 0 aliphatic heterocycles. The van der Waals surface area contributed by atoms with E-state index in [1.54, 1.807) is 18.2 Å². The highest BCUT2D eigenvalue weighted by Gasteiger charge is 2.14. The molecule has 6 nitrogen and oxygen atoms in total. The van der Waals surface area contributed by atoms with E-state index >= 15 is 0 Å². The van der Waals surface area contributed by atoms with Crippen molar-refractivity contribution in [1.29, 1.82) is 0 Å². The molecule has 0 saturated carbocycles. The highest BCUT2D eigenvalue weighted by Crippen LogP contribution is 2.28. The summed E-state index contributed by atoms with van der Waals surface area (Å²) >= 11 is 0. The molecule has 0 saturated heterocycles. The van der Waals surface area contributed by atoms with E-state index in [1.165, 1.54) is 12.7 Å². The summed E-state index contributed by atoms with van der Waals surface area (Å²) in [6.45, 7) is 2.88. The predicted octanol–water partition coefficient (Wildman–Crippen LogP) is 3.78. The lowest BCUT2D eigenvalue weighted by molar-refractivity contribution is -0.124. The molecule has 0 unspecified atom stereocenters. The first kappa shape index (κ1) is 22.3. The number of rotatable bonds is 12. The van der Waals surface area contributed by atoms with E-state index < -0.39 is 5.97 Å². The van der Waals surface area contributed by atoms with Gasteiger partial charge in [-0.1, -0.05) is 43.7 Å². The first-order chi connectivity index (χ1) is 14.1. The van der Waals surface area contributed by atoms with Crippen LogP contribution in [0.4, 0.5) is 0 Å². The van der Waals surface area contributed by atoms with Gasteiger partial charge in [-0.3, -0.25) is 4.79 Å². The summed E-state index contributed by atoms with van der Waals surface area (Å²) in [5, 5.41) is 2.76. The Bertz CT molecular complexity index is 776. The van der Waals surface area contributed by atoms with Gasteiger partial charge < -0.3 is 19.5 Å². The van der Waals surface area contributed by atoms with Crippen molar-refractivity contribution in [2.45, 2.75) is 32.6 Å². The van der Waals surface area contributed by atoms with Crippen molar-refractivity contribution in [3.05, 3.63) is 59.7 Å². The van der Waals surface area contributed by atoms with Crippen LogP contribution in [-0.4, -0.2) is 38.7 Å². The fourth-order valence-electron chi connectivity index (χ4n) is 2.67. The van der Waals surface area contributed by atoms with E-state index in [1.807, 2.05) is 18.2 Å². The number of amides is 1. The van der Waals surface area contributed by atoms with Crippen LogP contribution >= 0.6 is 0 Å². The summed E-state index contributed by atoms with van der Waals surface area (Å²) in [6, 6.07) is 14.9. The maximum atomic E-state index is 12.2. The van der Waals surface area contributed by atoms with Gasteiger partial charge in [-0.2, -0.15) is 0 Å². The van der Waals surface area contributed by atoms with Crippen molar-refractivity contribution in [3.63, 3.8) is 0 Å². The lowest BCUT2D eigenvalue weighted by Crippen LogP contribution is -2.29. The van der Waals surface area contributed by atoms with Gasteiger partial charge in [0.15, 0.2) is 18.1 Å². The van der Waals surface area contributed by atoms with E-state index in [4.69, 9.17) is 14.2 Å². The third-order valence-corrected chi connectivity index (χ3v) is 4.30. The first-order valence-electron chi connectivity index (χ1n) is 9.92. The van der Waals surface area contributed by atoms with E-state index in [0.717, 1.165) is 25.7 Å². The topological polar surface area (TPSA) is 73.9 Å². The number of esters is 1. The molecule has 2 aromatic carbocycles. The third-order valence-electron chi connectivity index (χ3n) is 4.30. The summed E-state index contributed by atoms with van der Waals surface area (Å²) in [7, 11) is 1.51. The molecule has 0 radical (unpaired) electrons. The van der Waals surface area contributed by atoms with Crippen molar-refractivity contribution < 1.29 is 23.8 Å². The summed E-state index contributed by atoms with van der Waals surface area (Å²) in [4.78, 5) is 24.1. The van der Waals surface area contributed by atoms with Gasteiger partial charge in [-0.15, -0.1) is 0 Å². The molecule has 1 amide bonds. The minimum absolute atomic E-state index is 0.307. The number of benzene rings is 2. The van der Waals surface area contributed by atoms with Gasteiger partial charge in [-0.25, -0.2) is 4.79 Å². The fraction of sp³-hybridized carbons (Fsp3) is 0.391. The van der Waals surface area contributed by atoms with Gasteiger partial charge in [0.25, 0.3) is 5.91 Å². The highest BCUT2D eigenvalue weighted by atomic mass is 16.5. The van der Waals surface area contributed by atoms with Crippen LogP contribution in [0.5, 0.6) is 11.5 Å². The zero-order valence-corrected chi connectivity index (χ0v) is 17.1. The van der Waals surface area contributed by atoms with Gasteiger partial charge in [0, 0.05) is 6.54 Å². The number of hydrogen-bond acceptors (Lipinski definition) is 5. The third kappa shape index (κ3) is 7.86. The van der Waals surface area contributed by atoms with Gasteiger partial charge in [0.2, 0.25) is 0 Å². The van der Waals surface area contributed by atoms with Crippen LogP contribution in [0.3, 0.4) is 0 Å². The molecule has 1 N–H and O–H groups in total. The molecule has 0 fully saturated rings. The second-order valence-electron chi connectivity index (χ2n) is 6.58. The molecule has 2 aromatic rings. The molecule has 29 heavy (non-hydrogen) atoms. The molecule has 0 bridgehead atoms. The van der Waals surface area contributed by atoms with Crippen molar-refractivity contribution in [3.8, 4) is 11.5 Å². The largest absolute Gasteiger partial charge is 0.493 e. The Morgan fingerprint density at radius 2 is 1.79 bits per heavy atom. The average molecular weight is 399 g/mol. The van der Waals surface area contributed by atoms with Crippen molar-refractivity contribution in [1.82, 2.24) is 5.32 Å². The molecule has 156 valence electrons. The van der Waals surface area contributed by atoms with E-state index in [2.05, 4.69) is 24.4 Å². The maximum absolute atomic E-state index is 12.2. The number of unbranched alkanes of at least 4 members (excludes halogenated alkanes) is 1. The molecule has 2 rings (SSSR count). The zero-order valence-electron chi connectivity index (χ0n) is 17.1. The van der Waals surface area contributed by atoms with Gasteiger partial charge >= 0.3 is 5.97 Å². The van der Waals surface area contributed by atoms with E-state index in [9.17, 15) is 9.59 Å². The Balaban J connectivity index is 1.74. The number of nitrogens with one attached hydrogen (secondary N) is 1. The fourth-order valence-corrected chi connectivity index (χ4v) is 2.67. The number of carbonyl (C=O) groups excluding carboxylic acids is 2. The van der Waals surface area contributed by atoms with E-state index in [0.29, 0.717) is 30.2 Å². The Labute approximate surface area is 172 Å². The van der Waals surface area contributed by atoms with Crippen molar-refractivity contribution in [2.24, 2.45) is 0 Å². The Morgan fingerprint density at radius 1 is 1.00 bits per heavy atom. The Kier molecular flexibility index (Phi) is 9.55. The molecular weight excluding hydrogens is 370 g/mol. The molecular formula is C23H29NO5. The first-order valence-corrected chi connectivity index (χ1v) is 9.92. The lowest BCUT2D eigenvalue weighted by atomic mass is 10.1. The number of ether oxygens (including phenoxy) is 3. The monoisotopic (exact) mass is 399 g/mol. The normalized spacial score (nSPS) is 10.3. The average Bonchev–Trinajstić information content (AvgIpc) is 2.76. The van der Waals surface area contributed by atoms with Gasteiger partial charge in [0.05, 0.1) is 19.3 Å². The number of hydrogen-bond donors (Lipinski definition) is 1. The smallest absolute Gasteiger partial charge is 0.338 e. The van der Waals surface area contributed by atoms with Crippen LogP contribution in [-0.2, 0) is 16.0 Å². The Morgan fingerprint density at radius 3 is 2.52 bits per heavy atom. The standard InChI is InChI=1S/C23H29NO5/c1-3-4-15-28-20-13-12-19(16-21(20)27-2)23(26)29-17-22(25)24-14-8-11-18-9-6-5-7-10-18/h5-7,9-10,12-13,16H,3-4,8,11,14-15,17H2,1-2H3,(H,24,25). The minimum Gasteiger partial charge on any atom is -0.493 e. The summed E-state index contributed by atoms with van der Waals surface area (Å²) in [5.74, 6) is 0.135. The second kappa shape index (κ2) is 12.4. The number of aryl methyl sites for hydroxylation is 1. The summed E-state index contributed by atoms with van der Waals surface area (Å²) in [5.41, 5.74) is 1.53. The number of carbonyl (C=O) groups is 2. The van der Waals surface area contributed by atoms with Crippen LogP contribution in [0.15, 0.2) is 48.5 Å². The predicted molar refractivity (Wildman–Crippen MR) is 111 cm³/mol. The Hall–Kier alpha value is -3.02. The van der Waals surface area contributed by atoms with Crippen LogP contribution in [0.25, 0.3) is 0 Å². The zero-order chi connectivity index (χ0) is 20.9. The SMILES string of the molecule is CCCCOc1ccc(C(=O)OCC(=O)NCCCc2ccccc2)cc1OC. The van der Waals surface area contributed by atoms with Gasteiger partial charge in [0.1, 0.15) is 0 Å². The maximum Gasteiger partial charge on any atom is 0.338 e. The molecule has 0 atom stereocenters. The molecule has 0 aliphatic rings. The van der Waals surface area contributed by atoms with E-state index in [-0.39, 0.29) is 12.5 Å². The number of methoxy groups -OCH3 is 1. The molecule has 0 spiro atoms. The van der Waals surface area contributed by atoms with Crippen LogP contribution in [0.2, 0.25) is 0 Å². The molecule has 6 heteroatoms. The molecule has 0 aromatic heterocycles.